The van der Waals surface area contributed by atoms with E-state index in [0.29, 0.717) is 6.04 Å². The van der Waals surface area contributed by atoms with Crippen molar-refractivity contribution in [2.75, 3.05) is 32.1 Å². The fourth-order valence-corrected chi connectivity index (χ4v) is 2.32. The van der Waals surface area contributed by atoms with Crippen molar-refractivity contribution in [1.82, 2.24) is 15.3 Å². The molecular weight excluding hydrogens is 244 g/mol. The maximum Gasteiger partial charge on any atom is 0.376 e. The Morgan fingerprint density at radius 3 is 3.00 bits per heavy atom. The molecule has 104 valence electrons. The van der Waals surface area contributed by atoms with Crippen LogP contribution in [0.4, 0.5) is 5.82 Å². The molecule has 1 aromatic heterocycles. The number of likely N-dealkylation sites (N-methyl/N-ethyl adjacent to an activating group) is 1. The molecule has 19 heavy (non-hydrogen) atoms. The van der Waals surface area contributed by atoms with E-state index in [1.54, 1.807) is 0 Å². The third-order valence-corrected chi connectivity index (χ3v) is 3.36. The van der Waals surface area contributed by atoms with Crippen LogP contribution in [0, 0.1) is 6.92 Å². The third kappa shape index (κ3) is 3.20. The number of carbonyl (C=O) groups is 1. The van der Waals surface area contributed by atoms with E-state index in [1.807, 2.05) is 20.0 Å². The van der Waals surface area contributed by atoms with Crippen LogP contribution < -0.4 is 10.2 Å². The predicted molar refractivity (Wildman–Crippen MR) is 72.4 cm³/mol. The Labute approximate surface area is 113 Å². The quantitative estimate of drug-likeness (QED) is 0.813. The first-order valence-electron chi connectivity index (χ1n) is 6.50. The molecule has 0 saturated carbocycles. The van der Waals surface area contributed by atoms with Crippen LogP contribution in [-0.4, -0.2) is 49.2 Å². The Balaban J connectivity index is 2.24. The monoisotopic (exact) mass is 264 g/mol. The van der Waals surface area contributed by atoms with E-state index in [9.17, 15) is 4.79 Å². The summed E-state index contributed by atoms with van der Waals surface area (Å²) in [5.41, 5.74) is 0.775. The maximum atomic E-state index is 11.5. The molecule has 6 heteroatoms. The molecule has 1 aliphatic heterocycles. The molecule has 1 atom stereocenters. The number of esters is 1. The minimum atomic E-state index is -0.493. The van der Waals surface area contributed by atoms with Crippen molar-refractivity contribution in [1.29, 1.82) is 0 Å². The van der Waals surface area contributed by atoms with Crippen molar-refractivity contribution >= 4 is 11.8 Å². The van der Waals surface area contributed by atoms with Gasteiger partial charge in [-0.2, -0.15) is 0 Å². The van der Waals surface area contributed by atoms with Crippen molar-refractivity contribution in [2.45, 2.75) is 25.8 Å². The number of nitrogens with zero attached hydrogens (tertiary/aromatic N) is 3. The molecule has 1 fully saturated rings. The summed E-state index contributed by atoms with van der Waals surface area (Å²) in [7, 11) is 3.31. The fourth-order valence-electron chi connectivity index (χ4n) is 2.32. The number of hydrogen-bond acceptors (Lipinski definition) is 6. The molecule has 1 N–H and O–H groups in total. The molecule has 0 radical (unpaired) electrons. The topological polar surface area (TPSA) is 67.4 Å². The maximum absolute atomic E-state index is 11.5. The number of carbonyl (C=O) groups excluding carboxylic acids is 1. The van der Waals surface area contributed by atoms with E-state index in [0.717, 1.165) is 31.0 Å². The zero-order chi connectivity index (χ0) is 13.8. The number of nitrogens with one attached hydrogen (secondary N) is 1. The molecule has 0 aliphatic carbocycles. The zero-order valence-electron chi connectivity index (χ0n) is 11.6. The second kappa shape index (κ2) is 5.97. The average molecular weight is 264 g/mol. The first-order chi connectivity index (χ1) is 9.13. The highest BCUT2D eigenvalue weighted by Gasteiger charge is 2.21. The highest BCUT2D eigenvalue weighted by Crippen LogP contribution is 2.18. The van der Waals surface area contributed by atoms with Gasteiger partial charge in [0.2, 0.25) is 5.82 Å². The summed E-state index contributed by atoms with van der Waals surface area (Å²) in [6.45, 7) is 3.71. The molecule has 2 heterocycles. The van der Waals surface area contributed by atoms with Crippen molar-refractivity contribution in [2.24, 2.45) is 0 Å². The Morgan fingerprint density at radius 2 is 2.32 bits per heavy atom. The number of rotatable bonds is 3. The Kier molecular flexibility index (Phi) is 4.31. The number of piperidine rings is 1. The number of aromatic nitrogens is 2. The lowest BCUT2D eigenvalue weighted by atomic mass is 10.1. The molecule has 0 spiro atoms. The molecule has 1 aromatic rings. The van der Waals surface area contributed by atoms with E-state index in [1.165, 1.54) is 13.5 Å². The lowest BCUT2D eigenvalue weighted by Gasteiger charge is -2.33. The largest absolute Gasteiger partial charge is 0.463 e. The second-order valence-corrected chi connectivity index (χ2v) is 4.76. The van der Waals surface area contributed by atoms with Crippen molar-refractivity contribution < 1.29 is 9.53 Å². The van der Waals surface area contributed by atoms with Crippen LogP contribution in [0.25, 0.3) is 0 Å². The standard InChI is InChI=1S/C13H20N4O2/c1-9-7-11(16-12(15-9)13(18)19-3)17-6-4-5-10(8-17)14-2/h7,10,14H,4-6,8H2,1-3H3. The van der Waals surface area contributed by atoms with Gasteiger partial charge in [0.15, 0.2) is 0 Å². The smallest absolute Gasteiger partial charge is 0.376 e. The Morgan fingerprint density at radius 1 is 1.53 bits per heavy atom. The van der Waals surface area contributed by atoms with Crippen molar-refractivity contribution in [3.8, 4) is 0 Å². The lowest BCUT2D eigenvalue weighted by Crippen LogP contribution is -2.44. The summed E-state index contributed by atoms with van der Waals surface area (Å²) in [5, 5.41) is 3.29. The van der Waals surface area contributed by atoms with Crippen LogP contribution in [0.1, 0.15) is 29.2 Å². The molecule has 0 amide bonds. The minimum absolute atomic E-state index is 0.129. The van der Waals surface area contributed by atoms with E-state index in [-0.39, 0.29) is 5.82 Å². The average Bonchev–Trinajstić information content (AvgIpc) is 2.45. The van der Waals surface area contributed by atoms with Gasteiger partial charge in [0.25, 0.3) is 0 Å². The van der Waals surface area contributed by atoms with Crippen LogP contribution in [0.5, 0.6) is 0 Å². The second-order valence-electron chi connectivity index (χ2n) is 4.76. The van der Waals surface area contributed by atoms with Gasteiger partial charge in [-0.15, -0.1) is 0 Å². The molecule has 6 nitrogen and oxygen atoms in total. The van der Waals surface area contributed by atoms with Crippen LogP contribution >= 0.6 is 0 Å². The normalized spacial score (nSPS) is 19.3. The number of ether oxygens (including phenoxy) is 1. The van der Waals surface area contributed by atoms with Crippen LogP contribution in [-0.2, 0) is 4.74 Å². The first kappa shape index (κ1) is 13.7. The lowest BCUT2D eigenvalue weighted by molar-refractivity contribution is 0.0586. The van der Waals surface area contributed by atoms with E-state index in [2.05, 4.69) is 24.9 Å². The zero-order valence-corrected chi connectivity index (χ0v) is 11.6. The fraction of sp³-hybridized carbons (Fsp3) is 0.615. The van der Waals surface area contributed by atoms with Gasteiger partial charge in [0.1, 0.15) is 5.82 Å². The number of methoxy groups -OCH3 is 1. The summed E-state index contributed by atoms with van der Waals surface area (Å²) < 4.78 is 4.68. The van der Waals surface area contributed by atoms with Gasteiger partial charge in [0.05, 0.1) is 7.11 Å². The van der Waals surface area contributed by atoms with Gasteiger partial charge in [0, 0.05) is 30.9 Å². The molecular formula is C13H20N4O2. The Bertz CT molecular complexity index is 464. The molecule has 0 aromatic carbocycles. The van der Waals surface area contributed by atoms with Crippen LogP contribution in [0.3, 0.4) is 0 Å². The highest BCUT2D eigenvalue weighted by atomic mass is 16.5. The van der Waals surface area contributed by atoms with Crippen molar-refractivity contribution in [3.63, 3.8) is 0 Å². The van der Waals surface area contributed by atoms with Crippen LogP contribution in [0.2, 0.25) is 0 Å². The van der Waals surface area contributed by atoms with E-state index < -0.39 is 5.97 Å². The van der Waals surface area contributed by atoms with E-state index >= 15 is 0 Å². The number of anilines is 1. The Hall–Kier alpha value is -1.69. The molecule has 0 bridgehead atoms. The summed E-state index contributed by atoms with van der Waals surface area (Å²) in [6.07, 6.45) is 2.28. The molecule has 1 aliphatic rings. The summed E-state index contributed by atoms with van der Waals surface area (Å²) in [4.78, 5) is 22.1. The SMILES string of the molecule is CNC1CCCN(c2cc(C)nc(C(=O)OC)n2)C1. The van der Waals surface area contributed by atoms with Gasteiger partial charge >= 0.3 is 5.97 Å². The van der Waals surface area contributed by atoms with Gasteiger partial charge in [-0.1, -0.05) is 0 Å². The third-order valence-electron chi connectivity index (χ3n) is 3.36. The van der Waals surface area contributed by atoms with E-state index in [4.69, 9.17) is 0 Å². The number of aryl methyl sites for hydroxylation is 1. The van der Waals surface area contributed by atoms with Gasteiger partial charge in [-0.25, -0.2) is 14.8 Å². The summed E-state index contributed by atoms with van der Waals surface area (Å²) in [5.74, 6) is 0.434. The van der Waals surface area contributed by atoms with Gasteiger partial charge in [-0.3, -0.25) is 0 Å². The van der Waals surface area contributed by atoms with Gasteiger partial charge in [-0.05, 0) is 26.8 Å². The molecule has 2 rings (SSSR count). The minimum Gasteiger partial charge on any atom is -0.463 e. The first-order valence-corrected chi connectivity index (χ1v) is 6.50. The van der Waals surface area contributed by atoms with Crippen LogP contribution in [0.15, 0.2) is 6.07 Å². The van der Waals surface area contributed by atoms with Crippen molar-refractivity contribution in [3.05, 3.63) is 17.6 Å². The highest BCUT2D eigenvalue weighted by molar-refractivity contribution is 5.85. The predicted octanol–water partition coefficient (Wildman–Crippen LogP) is 0.760. The summed E-state index contributed by atoms with van der Waals surface area (Å²) >= 11 is 0. The molecule has 1 saturated heterocycles. The van der Waals surface area contributed by atoms with Gasteiger partial charge < -0.3 is 15.0 Å². The number of hydrogen-bond donors (Lipinski definition) is 1. The molecule has 1 unspecified atom stereocenters. The summed E-state index contributed by atoms with van der Waals surface area (Å²) in [6, 6.07) is 2.37.